The summed E-state index contributed by atoms with van der Waals surface area (Å²) in [5.41, 5.74) is -0.0413. The van der Waals surface area contributed by atoms with Crippen LogP contribution in [0.1, 0.15) is 90.8 Å². The molecule has 0 aromatic carbocycles. The third-order valence-corrected chi connectivity index (χ3v) is 8.76. The monoisotopic (exact) mass is 517 g/mol. The molecule has 0 saturated carbocycles. The number of Topliss-reactive ketones (excluding diaryl/α,β-unsaturated/α-hetero) is 1. The topological polar surface area (TPSA) is 96.7 Å². The minimum absolute atomic E-state index is 0.0473. The van der Waals surface area contributed by atoms with E-state index in [1.807, 2.05) is 39.2 Å². The van der Waals surface area contributed by atoms with Gasteiger partial charge in [0.15, 0.2) is 5.78 Å². The number of ether oxygens (including phenoxy) is 1. The van der Waals surface area contributed by atoms with Crippen LogP contribution in [0.3, 0.4) is 0 Å². The quantitative estimate of drug-likeness (QED) is 0.406. The molecule has 0 aliphatic carbocycles. The molecule has 7 heteroatoms. The number of hydrogen-bond acceptors (Lipinski definition) is 7. The molecule has 1 aliphatic rings. The maximum absolute atomic E-state index is 13.3. The van der Waals surface area contributed by atoms with Crippen molar-refractivity contribution in [2.45, 2.75) is 105 Å². The van der Waals surface area contributed by atoms with E-state index in [2.05, 4.69) is 10.9 Å². The molecule has 1 saturated heterocycles. The van der Waals surface area contributed by atoms with Crippen LogP contribution in [0.15, 0.2) is 11.0 Å². The number of carbonyl (C=O) groups is 2. The van der Waals surface area contributed by atoms with Crippen molar-refractivity contribution in [3.63, 3.8) is 0 Å². The van der Waals surface area contributed by atoms with Crippen LogP contribution in [0.25, 0.3) is 6.08 Å². The number of aliphatic hydroxyl groups is 2. The highest BCUT2D eigenvalue weighted by atomic mass is 32.1. The fraction of sp³-hybridized carbons (Fsp3) is 0.690. The van der Waals surface area contributed by atoms with E-state index in [1.54, 1.807) is 32.1 Å². The highest BCUT2D eigenvalue weighted by Crippen LogP contribution is 2.37. The molecule has 0 bridgehead atoms. The van der Waals surface area contributed by atoms with Gasteiger partial charge in [0.05, 0.1) is 28.3 Å². The zero-order valence-electron chi connectivity index (χ0n) is 22.8. The Labute approximate surface area is 220 Å². The zero-order valence-corrected chi connectivity index (χ0v) is 23.7. The van der Waals surface area contributed by atoms with E-state index in [0.717, 1.165) is 35.5 Å². The van der Waals surface area contributed by atoms with E-state index in [1.165, 1.54) is 0 Å². The molecule has 0 radical (unpaired) electrons. The first kappa shape index (κ1) is 30.2. The van der Waals surface area contributed by atoms with Crippen LogP contribution in [-0.4, -0.2) is 45.3 Å². The SMILES string of the molecule is C#C[C@]1(C)C(=O)[C@H](C)[C@@H](O)CCCCC(C)(C)[C@@H](O)CC(/C(C)=C/c2csc(C)n2)OC(=O)C[C@@H]1C. The van der Waals surface area contributed by atoms with Crippen molar-refractivity contribution in [2.75, 3.05) is 0 Å². The smallest absolute Gasteiger partial charge is 0.306 e. The molecule has 1 aromatic heterocycles. The summed E-state index contributed by atoms with van der Waals surface area (Å²) in [5, 5.41) is 24.7. The first-order valence-corrected chi connectivity index (χ1v) is 13.8. The number of aromatic nitrogens is 1. The third-order valence-electron chi connectivity index (χ3n) is 7.97. The van der Waals surface area contributed by atoms with Crippen molar-refractivity contribution in [2.24, 2.45) is 22.7 Å². The Kier molecular flexibility index (Phi) is 10.5. The lowest BCUT2D eigenvalue weighted by atomic mass is 9.69. The minimum Gasteiger partial charge on any atom is -0.458 e. The summed E-state index contributed by atoms with van der Waals surface area (Å²) in [6, 6.07) is 0. The van der Waals surface area contributed by atoms with Gasteiger partial charge in [0.1, 0.15) is 6.10 Å². The van der Waals surface area contributed by atoms with Crippen molar-refractivity contribution >= 4 is 29.2 Å². The molecule has 1 fully saturated rings. The van der Waals surface area contributed by atoms with Crippen molar-refractivity contribution in [1.29, 1.82) is 0 Å². The van der Waals surface area contributed by atoms with Crippen LogP contribution in [0.4, 0.5) is 0 Å². The molecule has 200 valence electrons. The number of ketones is 1. The Hall–Kier alpha value is -2.01. The van der Waals surface area contributed by atoms with E-state index in [0.29, 0.717) is 6.42 Å². The molecular weight excluding hydrogens is 474 g/mol. The second-order valence-corrected chi connectivity index (χ2v) is 12.4. The molecule has 0 spiro atoms. The Morgan fingerprint density at radius 2 is 1.92 bits per heavy atom. The molecule has 1 aliphatic heterocycles. The molecule has 2 N–H and O–H groups in total. The Bertz CT molecular complexity index is 990. The number of aryl methyl sites for hydroxylation is 1. The first-order valence-electron chi connectivity index (χ1n) is 12.9. The maximum atomic E-state index is 13.3. The molecule has 1 unspecified atom stereocenters. The van der Waals surface area contributed by atoms with E-state index in [4.69, 9.17) is 11.2 Å². The van der Waals surface area contributed by atoms with Gasteiger partial charge < -0.3 is 14.9 Å². The van der Waals surface area contributed by atoms with Gasteiger partial charge in [-0.3, -0.25) is 9.59 Å². The minimum atomic E-state index is -1.21. The van der Waals surface area contributed by atoms with Crippen LogP contribution < -0.4 is 0 Å². The van der Waals surface area contributed by atoms with Gasteiger partial charge in [0.2, 0.25) is 0 Å². The van der Waals surface area contributed by atoms with Crippen LogP contribution in [-0.2, 0) is 14.3 Å². The number of carbonyl (C=O) groups excluding carboxylic acids is 2. The van der Waals surface area contributed by atoms with Crippen LogP contribution in [0.5, 0.6) is 0 Å². The van der Waals surface area contributed by atoms with Gasteiger partial charge in [0, 0.05) is 24.1 Å². The van der Waals surface area contributed by atoms with Crippen LogP contribution >= 0.6 is 11.3 Å². The summed E-state index contributed by atoms with van der Waals surface area (Å²) in [7, 11) is 0. The predicted molar refractivity (Wildman–Crippen MR) is 144 cm³/mol. The molecule has 1 aromatic rings. The van der Waals surface area contributed by atoms with E-state index < -0.39 is 46.9 Å². The summed E-state index contributed by atoms with van der Waals surface area (Å²) in [4.78, 5) is 30.9. The number of terminal acetylenes is 1. The molecule has 36 heavy (non-hydrogen) atoms. The Morgan fingerprint density at radius 3 is 2.50 bits per heavy atom. The second-order valence-electron chi connectivity index (χ2n) is 11.3. The molecular formula is C29H43NO5S. The second kappa shape index (κ2) is 12.5. The van der Waals surface area contributed by atoms with E-state index >= 15 is 0 Å². The van der Waals surface area contributed by atoms with Crippen LogP contribution in [0.2, 0.25) is 0 Å². The van der Waals surface area contributed by atoms with Gasteiger partial charge in [0.25, 0.3) is 0 Å². The van der Waals surface area contributed by atoms with Gasteiger partial charge in [-0.2, -0.15) is 0 Å². The lowest BCUT2D eigenvalue weighted by molar-refractivity contribution is -0.151. The van der Waals surface area contributed by atoms with Gasteiger partial charge in [-0.15, -0.1) is 17.8 Å². The Morgan fingerprint density at radius 1 is 1.25 bits per heavy atom. The van der Waals surface area contributed by atoms with Crippen molar-refractivity contribution in [3.05, 3.63) is 21.7 Å². The molecule has 0 amide bonds. The number of nitrogens with zero attached hydrogens (tertiary/aromatic N) is 1. The number of hydrogen-bond donors (Lipinski definition) is 2. The standard InChI is InChI=1S/C29H43NO5S/c1-9-29(8)19(3)15-26(33)35-24(18(2)14-22-17-36-21(5)30-22)16-25(32)28(6,7)13-11-10-12-23(31)20(4)27(29)34/h1,14,17,19-20,23-25,31-32H,10-13,15-16H2,2-8H3/b18-14+/t19-,20+,23-,24?,25-,29-/m0/s1. The predicted octanol–water partition coefficient (Wildman–Crippen LogP) is 5.35. The Balaban J connectivity index is 2.40. The largest absolute Gasteiger partial charge is 0.458 e. The average Bonchev–Trinajstić information content (AvgIpc) is 3.23. The fourth-order valence-corrected chi connectivity index (χ4v) is 5.31. The van der Waals surface area contributed by atoms with E-state index in [9.17, 15) is 19.8 Å². The highest BCUT2D eigenvalue weighted by Gasteiger charge is 2.43. The summed E-state index contributed by atoms with van der Waals surface area (Å²) < 4.78 is 5.93. The van der Waals surface area contributed by atoms with Crippen molar-refractivity contribution < 1.29 is 24.5 Å². The summed E-state index contributed by atoms with van der Waals surface area (Å²) >= 11 is 1.54. The summed E-state index contributed by atoms with van der Waals surface area (Å²) in [5.74, 6) is 0.775. The lowest BCUT2D eigenvalue weighted by Crippen LogP contribution is -2.42. The number of thiazole rings is 1. The van der Waals surface area contributed by atoms with Gasteiger partial charge >= 0.3 is 5.97 Å². The van der Waals surface area contributed by atoms with Gasteiger partial charge in [-0.05, 0) is 56.6 Å². The van der Waals surface area contributed by atoms with Crippen LogP contribution in [0, 0.1) is 41.9 Å². The molecule has 6 nitrogen and oxygen atoms in total. The fourth-order valence-electron chi connectivity index (χ4n) is 4.74. The lowest BCUT2D eigenvalue weighted by Gasteiger charge is -2.35. The summed E-state index contributed by atoms with van der Waals surface area (Å²) in [6.07, 6.45) is 8.50. The number of cyclic esters (lactones) is 1. The molecule has 2 heterocycles. The summed E-state index contributed by atoms with van der Waals surface area (Å²) in [6.45, 7) is 13.0. The van der Waals surface area contributed by atoms with Crippen molar-refractivity contribution in [1.82, 2.24) is 4.98 Å². The third kappa shape index (κ3) is 7.50. The maximum Gasteiger partial charge on any atom is 0.306 e. The molecule has 6 atom stereocenters. The van der Waals surface area contributed by atoms with Gasteiger partial charge in [-0.25, -0.2) is 4.98 Å². The van der Waals surface area contributed by atoms with E-state index in [-0.39, 0.29) is 18.6 Å². The molecule has 2 rings (SSSR count). The van der Waals surface area contributed by atoms with Gasteiger partial charge in [-0.1, -0.05) is 46.5 Å². The zero-order chi connectivity index (χ0) is 27.3. The first-order chi connectivity index (χ1) is 16.7. The highest BCUT2D eigenvalue weighted by molar-refractivity contribution is 7.09. The normalized spacial score (nSPS) is 33.6. The number of esters is 1. The number of rotatable bonds is 2. The van der Waals surface area contributed by atoms with Crippen molar-refractivity contribution in [3.8, 4) is 12.3 Å². The average molecular weight is 518 g/mol. The number of aliphatic hydroxyl groups excluding tert-OH is 2.